The fraction of sp³-hybridized carbons (Fsp3) is 0.400. The second-order valence-corrected chi connectivity index (χ2v) is 4.87. The van der Waals surface area contributed by atoms with Crippen molar-refractivity contribution in [3.63, 3.8) is 0 Å². The maximum Gasteiger partial charge on any atom is 0.258 e. The number of amides is 3. The second kappa shape index (κ2) is 9.42. The first-order valence-electron chi connectivity index (χ1n) is 7.24. The van der Waals surface area contributed by atoms with E-state index in [1.165, 1.54) is 12.1 Å². The minimum absolute atomic E-state index is 0.188. The molecule has 1 atom stereocenters. The zero-order valence-corrected chi connectivity index (χ0v) is 13.0. The van der Waals surface area contributed by atoms with Crippen LogP contribution in [0.15, 0.2) is 24.3 Å². The molecule has 0 saturated heterocycles. The lowest BCUT2D eigenvalue weighted by atomic mass is 10.2. The van der Waals surface area contributed by atoms with Crippen LogP contribution in [0.2, 0.25) is 0 Å². The van der Waals surface area contributed by atoms with Gasteiger partial charge in [0.05, 0.1) is 5.56 Å². The molecule has 1 unspecified atom stereocenters. The summed E-state index contributed by atoms with van der Waals surface area (Å²) in [5, 5.41) is 5.15. The number of hydrogen-bond donors (Lipinski definition) is 4. The van der Waals surface area contributed by atoms with Gasteiger partial charge in [-0.05, 0) is 32.0 Å². The zero-order chi connectivity index (χ0) is 17.2. The van der Waals surface area contributed by atoms with E-state index in [4.69, 9.17) is 16.2 Å². The number of nitrogens with one attached hydrogen (secondary N) is 2. The average molecular weight is 322 g/mol. The van der Waals surface area contributed by atoms with E-state index in [1.54, 1.807) is 19.1 Å². The highest BCUT2D eigenvalue weighted by atomic mass is 16.5. The van der Waals surface area contributed by atoms with Crippen molar-refractivity contribution in [3.8, 4) is 5.75 Å². The summed E-state index contributed by atoms with van der Waals surface area (Å²) in [6, 6.07) is 5.64. The van der Waals surface area contributed by atoms with Gasteiger partial charge in [0.2, 0.25) is 5.91 Å². The number of hydrogen-bond acceptors (Lipinski definition) is 5. The number of carbonyl (C=O) groups excluding carboxylic acids is 3. The van der Waals surface area contributed by atoms with Gasteiger partial charge in [-0.25, -0.2) is 0 Å². The lowest BCUT2D eigenvalue weighted by Crippen LogP contribution is -2.46. The van der Waals surface area contributed by atoms with E-state index in [9.17, 15) is 14.4 Å². The zero-order valence-electron chi connectivity index (χ0n) is 13.0. The largest absolute Gasteiger partial charge is 0.483 e. The first-order chi connectivity index (χ1) is 11.0. The number of benzene rings is 1. The minimum atomic E-state index is -0.699. The van der Waals surface area contributed by atoms with Gasteiger partial charge in [-0.15, -0.1) is 0 Å². The van der Waals surface area contributed by atoms with Crippen molar-refractivity contribution in [1.29, 1.82) is 0 Å². The molecule has 126 valence electrons. The molecule has 0 radical (unpaired) electrons. The Kier molecular flexibility index (Phi) is 7.55. The van der Waals surface area contributed by atoms with Gasteiger partial charge >= 0.3 is 0 Å². The summed E-state index contributed by atoms with van der Waals surface area (Å²) in [5.74, 6) is -1.21. The summed E-state index contributed by atoms with van der Waals surface area (Å²) in [7, 11) is 0. The van der Waals surface area contributed by atoms with E-state index >= 15 is 0 Å². The minimum Gasteiger partial charge on any atom is -0.483 e. The summed E-state index contributed by atoms with van der Waals surface area (Å²) < 4.78 is 5.28. The van der Waals surface area contributed by atoms with Gasteiger partial charge in [0, 0.05) is 6.54 Å². The Morgan fingerprint density at radius 1 is 1.26 bits per heavy atom. The van der Waals surface area contributed by atoms with Crippen molar-refractivity contribution >= 4 is 17.7 Å². The topological polar surface area (TPSA) is 137 Å². The van der Waals surface area contributed by atoms with Gasteiger partial charge in [0.1, 0.15) is 11.8 Å². The molecule has 8 heteroatoms. The molecule has 1 rings (SSSR count). The normalized spacial score (nSPS) is 11.4. The molecule has 0 fully saturated rings. The van der Waals surface area contributed by atoms with E-state index in [-0.39, 0.29) is 23.8 Å². The number of para-hydroxylation sites is 1. The smallest absolute Gasteiger partial charge is 0.258 e. The summed E-state index contributed by atoms with van der Waals surface area (Å²) in [4.78, 5) is 34.7. The van der Waals surface area contributed by atoms with Crippen LogP contribution in [0.5, 0.6) is 5.75 Å². The highest BCUT2D eigenvalue weighted by Gasteiger charge is 2.16. The quantitative estimate of drug-likeness (QED) is 0.438. The van der Waals surface area contributed by atoms with Crippen molar-refractivity contribution in [3.05, 3.63) is 29.8 Å². The van der Waals surface area contributed by atoms with Crippen molar-refractivity contribution < 1.29 is 19.1 Å². The SMILES string of the molecule is CC(NC(=O)COc1ccccc1C(N)=O)C(=O)NCCCN. The molecule has 1 aromatic rings. The van der Waals surface area contributed by atoms with Crippen molar-refractivity contribution in [2.75, 3.05) is 19.7 Å². The van der Waals surface area contributed by atoms with E-state index in [0.717, 1.165) is 0 Å². The first-order valence-corrected chi connectivity index (χ1v) is 7.24. The standard InChI is InChI=1S/C15H22N4O4/c1-10(15(22)18-8-4-7-16)19-13(20)9-23-12-6-3-2-5-11(12)14(17)21/h2-3,5-6,10H,4,7-9,16H2,1H3,(H2,17,21)(H,18,22)(H,19,20). The summed E-state index contributed by atoms with van der Waals surface area (Å²) >= 11 is 0. The number of carbonyl (C=O) groups is 3. The van der Waals surface area contributed by atoms with Crippen molar-refractivity contribution in [1.82, 2.24) is 10.6 Å². The molecule has 0 saturated carbocycles. The monoisotopic (exact) mass is 322 g/mol. The fourth-order valence-electron chi connectivity index (χ4n) is 1.75. The van der Waals surface area contributed by atoms with Gasteiger partial charge in [0.15, 0.2) is 6.61 Å². The number of primary amides is 1. The Morgan fingerprint density at radius 3 is 2.61 bits per heavy atom. The van der Waals surface area contributed by atoms with Gasteiger partial charge in [0.25, 0.3) is 11.8 Å². The first kappa shape index (κ1) is 18.4. The lowest BCUT2D eigenvalue weighted by molar-refractivity contribution is -0.129. The molecule has 0 aliphatic rings. The number of rotatable bonds is 9. The van der Waals surface area contributed by atoms with Gasteiger partial charge in [-0.1, -0.05) is 12.1 Å². The van der Waals surface area contributed by atoms with E-state index < -0.39 is 17.9 Å². The van der Waals surface area contributed by atoms with E-state index in [1.807, 2.05) is 0 Å². The van der Waals surface area contributed by atoms with Crippen LogP contribution in [-0.2, 0) is 9.59 Å². The molecule has 0 spiro atoms. The molecule has 8 nitrogen and oxygen atoms in total. The number of nitrogens with two attached hydrogens (primary N) is 2. The molecule has 0 bridgehead atoms. The Hall–Kier alpha value is -2.61. The summed E-state index contributed by atoms with van der Waals surface area (Å²) in [5.41, 5.74) is 10.7. The van der Waals surface area contributed by atoms with Gasteiger partial charge in [-0.2, -0.15) is 0 Å². The second-order valence-electron chi connectivity index (χ2n) is 4.87. The maximum atomic E-state index is 11.8. The Morgan fingerprint density at radius 2 is 1.96 bits per heavy atom. The molecule has 23 heavy (non-hydrogen) atoms. The summed E-state index contributed by atoms with van der Waals surface area (Å²) in [6.45, 7) is 2.17. The molecule has 0 aliphatic heterocycles. The maximum absolute atomic E-state index is 11.8. The van der Waals surface area contributed by atoms with Crippen LogP contribution in [0.1, 0.15) is 23.7 Å². The molecule has 3 amide bonds. The van der Waals surface area contributed by atoms with Gasteiger partial charge < -0.3 is 26.8 Å². The Bertz CT molecular complexity index is 562. The Balaban J connectivity index is 2.45. The highest BCUT2D eigenvalue weighted by molar-refractivity contribution is 5.95. The molecular weight excluding hydrogens is 300 g/mol. The van der Waals surface area contributed by atoms with E-state index in [2.05, 4.69) is 10.6 Å². The predicted molar refractivity (Wildman–Crippen MR) is 84.7 cm³/mol. The molecule has 6 N–H and O–H groups in total. The third-order valence-electron chi connectivity index (χ3n) is 2.96. The van der Waals surface area contributed by atoms with Crippen LogP contribution in [0.3, 0.4) is 0 Å². The van der Waals surface area contributed by atoms with Crippen LogP contribution >= 0.6 is 0 Å². The third kappa shape index (κ3) is 6.35. The van der Waals surface area contributed by atoms with Crippen LogP contribution in [-0.4, -0.2) is 43.5 Å². The summed E-state index contributed by atoms with van der Waals surface area (Å²) in [6.07, 6.45) is 0.666. The molecule has 1 aromatic carbocycles. The van der Waals surface area contributed by atoms with Gasteiger partial charge in [-0.3, -0.25) is 14.4 Å². The van der Waals surface area contributed by atoms with Crippen molar-refractivity contribution in [2.45, 2.75) is 19.4 Å². The van der Waals surface area contributed by atoms with Crippen LogP contribution < -0.4 is 26.8 Å². The molecule has 0 heterocycles. The molecule has 0 aromatic heterocycles. The van der Waals surface area contributed by atoms with Crippen molar-refractivity contribution in [2.24, 2.45) is 11.5 Å². The van der Waals surface area contributed by atoms with Crippen LogP contribution in [0.4, 0.5) is 0 Å². The van der Waals surface area contributed by atoms with Crippen LogP contribution in [0.25, 0.3) is 0 Å². The van der Waals surface area contributed by atoms with E-state index in [0.29, 0.717) is 19.5 Å². The Labute approximate surface area is 134 Å². The molecule has 0 aliphatic carbocycles. The number of ether oxygens (including phenoxy) is 1. The fourth-order valence-corrected chi connectivity index (χ4v) is 1.75. The highest BCUT2D eigenvalue weighted by Crippen LogP contribution is 2.16. The van der Waals surface area contributed by atoms with Crippen LogP contribution in [0, 0.1) is 0 Å². The average Bonchev–Trinajstić information content (AvgIpc) is 2.53. The lowest BCUT2D eigenvalue weighted by Gasteiger charge is -2.15. The third-order valence-corrected chi connectivity index (χ3v) is 2.96. The predicted octanol–water partition coefficient (Wildman–Crippen LogP) is -0.866. The molecular formula is C15H22N4O4.